The van der Waals surface area contributed by atoms with Gasteiger partial charge >= 0.3 is 0 Å². The molecule has 0 saturated heterocycles. The molecule has 0 unspecified atom stereocenters. The third-order valence-electron chi connectivity index (χ3n) is 1.82. The van der Waals surface area contributed by atoms with Crippen LogP contribution in [0.15, 0.2) is 18.2 Å². The minimum atomic E-state index is -2.57. The first-order valence-corrected chi connectivity index (χ1v) is 4.03. The van der Waals surface area contributed by atoms with E-state index in [4.69, 9.17) is 10.8 Å². The Bertz CT molecular complexity index is 322. The van der Waals surface area contributed by atoms with E-state index in [1.165, 1.54) is 12.1 Å². The quantitative estimate of drug-likeness (QED) is 0.855. The minimum Gasteiger partial charge on any atom is -0.508 e. The van der Waals surface area contributed by atoms with Gasteiger partial charge in [-0.15, -0.1) is 12.4 Å². The SMILES string of the molecule is Cl.N[C@H](CC(F)F)c1ccc(O)cc1F. The van der Waals surface area contributed by atoms with Gasteiger partial charge in [-0.05, 0) is 6.07 Å². The van der Waals surface area contributed by atoms with E-state index in [0.29, 0.717) is 0 Å². The molecule has 1 rings (SSSR count). The van der Waals surface area contributed by atoms with Crippen molar-refractivity contribution in [3.8, 4) is 5.75 Å². The number of hydrogen-bond donors (Lipinski definition) is 2. The average molecular weight is 242 g/mol. The fraction of sp³-hybridized carbons (Fsp3) is 0.333. The Morgan fingerprint density at radius 2 is 1.93 bits per heavy atom. The molecular formula is C9H11ClF3NO. The van der Waals surface area contributed by atoms with E-state index in [9.17, 15) is 13.2 Å². The Balaban J connectivity index is 0.00000196. The predicted molar refractivity (Wildman–Crippen MR) is 52.9 cm³/mol. The number of hydrogen-bond acceptors (Lipinski definition) is 2. The summed E-state index contributed by atoms with van der Waals surface area (Å²) >= 11 is 0. The Kier molecular flexibility index (Phi) is 5.46. The summed E-state index contributed by atoms with van der Waals surface area (Å²) in [4.78, 5) is 0. The van der Waals surface area contributed by atoms with E-state index in [2.05, 4.69) is 0 Å². The molecule has 86 valence electrons. The number of benzene rings is 1. The topological polar surface area (TPSA) is 46.2 Å². The molecule has 1 aromatic carbocycles. The van der Waals surface area contributed by atoms with E-state index in [1.54, 1.807) is 0 Å². The van der Waals surface area contributed by atoms with Crippen LogP contribution in [-0.2, 0) is 0 Å². The number of phenols is 1. The molecule has 0 aromatic heterocycles. The molecule has 1 atom stereocenters. The molecule has 0 heterocycles. The van der Waals surface area contributed by atoms with Crippen molar-refractivity contribution in [2.45, 2.75) is 18.9 Å². The zero-order chi connectivity index (χ0) is 10.7. The summed E-state index contributed by atoms with van der Waals surface area (Å²) in [6.45, 7) is 0. The van der Waals surface area contributed by atoms with Gasteiger partial charge in [-0.2, -0.15) is 0 Å². The Morgan fingerprint density at radius 1 is 1.33 bits per heavy atom. The lowest BCUT2D eigenvalue weighted by atomic mass is 10.0. The van der Waals surface area contributed by atoms with Gasteiger partial charge in [0.25, 0.3) is 0 Å². The number of nitrogens with two attached hydrogens (primary N) is 1. The molecule has 2 nitrogen and oxygen atoms in total. The smallest absolute Gasteiger partial charge is 0.240 e. The van der Waals surface area contributed by atoms with Crippen LogP contribution in [0.5, 0.6) is 5.75 Å². The van der Waals surface area contributed by atoms with Gasteiger partial charge in [-0.3, -0.25) is 0 Å². The Morgan fingerprint density at radius 3 is 2.40 bits per heavy atom. The average Bonchev–Trinajstić information content (AvgIpc) is 2.01. The van der Waals surface area contributed by atoms with Crippen LogP contribution < -0.4 is 5.73 Å². The second-order valence-electron chi connectivity index (χ2n) is 2.94. The van der Waals surface area contributed by atoms with Gasteiger partial charge in [-0.1, -0.05) is 6.07 Å². The largest absolute Gasteiger partial charge is 0.508 e. The van der Waals surface area contributed by atoms with Gasteiger partial charge in [0.15, 0.2) is 0 Å². The van der Waals surface area contributed by atoms with Crippen LogP contribution in [-0.4, -0.2) is 11.5 Å². The van der Waals surface area contributed by atoms with Crippen molar-refractivity contribution < 1.29 is 18.3 Å². The maximum Gasteiger partial charge on any atom is 0.240 e. The van der Waals surface area contributed by atoms with Crippen LogP contribution in [0.2, 0.25) is 0 Å². The van der Waals surface area contributed by atoms with Crippen LogP contribution in [0.3, 0.4) is 0 Å². The second-order valence-corrected chi connectivity index (χ2v) is 2.94. The van der Waals surface area contributed by atoms with Crippen LogP contribution >= 0.6 is 12.4 Å². The molecule has 0 aliphatic rings. The van der Waals surface area contributed by atoms with Crippen LogP contribution in [0.25, 0.3) is 0 Å². The summed E-state index contributed by atoms with van der Waals surface area (Å²) in [5.74, 6) is -1.02. The number of aromatic hydroxyl groups is 1. The molecule has 0 fully saturated rings. The third-order valence-corrected chi connectivity index (χ3v) is 1.82. The lowest BCUT2D eigenvalue weighted by molar-refractivity contribution is 0.128. The summed E-state index contributed by atoms with van der Waals surface area (Å²) in [5, 5.41) is 8.87. The third kappa shape index (κ3) is 3.97. The van der Waals surface area contributed by atoms with Gasteiger partial charge in [0, 0.05) is 24.1 Å². The van der Waals surface area contributed by atoms with Gasteiger partial charge in [0.05, 0.1) is 0 Å². The van der Waals surface area contributed by atoms with Gasteiger partial charge in [0.2, 0.25) is 6.43 Å². The van der Waals surface area contributed by atoms with Gasteiger partial charge in [-0.25, -0.2) is 13.2 Å². The predicted octanol–water partition coefficient (Wildman–Crippen LogP) is 2.61. The normalized spacial score (nSPS) is 12.3. The molecule has 0 spiro atoms. The highest BCUT2D eigenvalue weighted by Crippen LogP contribution is 2.23. The molecule has 3 N–H and O–H groups in total. The van der Waals surface area contributed by atoms with Gasteiger partial charge in [0.1, 0.15) is 11.6 Å². The fourth-order valence-corrected chi connectivity index (χ4v) is 1.14. The van der Waals surface area contributed by atoms with Crippen molar-refractivity contribution in [3.05, 3.63) is 29.6 Å². The lowest BCUT2D eigenvalue weighted by Gasteiger charge is -2.12. The molecule has 6 heteroatoms. The van der Waals surface area contributed by atoms with Crippen LogP contribution in [0.1, 0.15) is 18.0 Å². The molecule has 0 aliphatic heterocycles. The second kappa shape index (κ2) is 5.82. The zero-order valence-electron chi connectivity index (χ0n) is 7.66. The summed E-state index contributed by atoms with van der Waals surface area (Å²) in [7, 11) is 0. The van der Waals surface area contributed by atoms with Crippen LogP contribution in [0, 0.1) is 5.82 Å². The molecule has 0 radical (unpaired) electrons. The van der Waals surface area contributed by atoms with Crippen molar-refractivity contribution in [2.24, 2.45) is 5.73 Å². The van der Waals surface area contributed by atoms with Crippen molar-refractivity contribution in [1.82, 2.24) is 0 Å². The minimum absolute atomic E-state index is 0. The number of rotatable bonds is 3. The molecule has 0 saturated carbocycles. The van der Waals surface area contributed by atoms with E-state index in [0.717, 1.165) is 6.07 Å². The Labute approximate surface area is 91.3 Å². The molecule has 0 aliphatic carbocycles. The standard InChI is InChI=1S/C9H10F3NO.ClH/c10-7-3-5(14)1-2-6(7)8(13)4-9(11)12;/h1-3,8-9,14H,4,13H2;1H/t8-;/m1./s1. The highest BCUT2D eigenvalue weighted by Gasteiger charge is 2.16. The van der Waals surface area contributed by atoms with Crippen molar-refractivity contribution >= 4 is 12.4 Å². The lowest BCUT2D eigenvalue weighted by Crippen LogP contribution is -2.15. The first kappa shape index (κ1) is 14.1. The van der Waals surface area contributed by atoms with Crippen LogP contribution in [0.4, 0.5) is 13.2 Å². The van der Waals surface area contributed by atoms with Crippen molar-refractivity contribution in [1.29, 1.82) is 0 Å². The highest BCUT2D eigenvalue weighted by atomic mass is 35.5. The first-order valence-electron chi connectivity index (χ1n) is 4.03. The highest BCUT2D eigenvalue weighted by molar-refractivity contribution is 5.85. The Hall–Kier alpha value is -0.940. The zero-order valence-corrected chi connectivity index (χ0v) is 8.48. The summed E-state index contributed by atoms with van der Waals surface area (Å²) < 4.78 is 36.9. The van der Waals surface area contributed by atoms with E-state index in [1.807, 2.05) is 0 Å². The number of alkyl halides is 2. The van der Waals surface area contributed by atoms with Crippen molar-refractivity contribution in [2.75, 3.05) is 0 Å². The maximum absolute atomic E-state index is 13.1. The molecule has 15 heavy (non-hydrogen) atoms. The maximum atomic E-state index is 13.1. The molecule has 1 aromatic rings. The number of phenolic OH excluding ortho intramolecular Hbond substituents is 1. The summed E-state index contributed by atoms with van der Waals surface area (Å²) in [6, 6.07) is 2.22. The first-order chi connectivity index (χ1) is 6.50. The molecular weight excluding hydrogens is 231 g/mol. The number of halogens is 4. The van der Waals surface area contributed by atoms with E-state index < -0.39 is 24.7 Å². The van der Waals surface area contributed by atoms with E-state index in [-0.39, 0.29) is 23.7 Å². The monoisotopic (exact) mass is 241 g/mol. The summed E-state index contributed by atoms with van der Waals surface area (Å²) in [5.41, 5.74) is 5.33. The van der Waals surface area contributed by atoms with Crippen molar-refractivity contribution in [3.63, 3.8) is 0 Å². The fourth-order valence-electron chi connectivity index (χ4n) is 1.14. The molecule has 0 amide bonds. The van der Waals surface area contributed by atoms with Gasteiger partial charge < -0.3 is 10.8 Å². The molecule has 0 bridgehead atoms. The summed E-state index contributed by atoms with van der Waals surface area (Å²) in [6.07, 6.45) is -3.17. The van der Waals surface area contributed by atoms with E-state index >= 15 is 0 Å².